The lowest BCUT2D eigenvalue weighted by molar-refractivity contribution is 0.396. The van der Waals surface area contributed by atoms with Crippen molar-refractivity contribution in [3.8, 4) is 6.07 Å². The first-order chi connectivity index (χ1) is 10.0. The fourth-order valence-corrected chi connectivity index (χ4v) is 4.07. The highest BCUT2D eigenvalue weighted by molar-refractivity contribution is 7.91. The molecule has 1 N–H and O–H groups in total. The standard InChI is InChI=1S/C16H22N2O2S/c1-13-3-2-4-15(13)12-18-9-10-21(19,20)16-7-5-14(11-17)6-8-16/h5-8,13,15,18H,2-4,9-10,12H2,1H3. The largest absolute Gasteiger partial charge is 0.315 e. The van der Waals surface area contributed by atoms with Crippen LogP contribution in [0, 0.1) is 23.2 Å². The molecule has 0 aliphatic heterocycles. The Kier molecular flexibility index (Phi) is 5.38. The molecule has 2 rings (SSSR count). The summed E-state index contributed by atoms with van der Waals surface area (Å²) in [6, 6.07) is 8.08. The molecule has 0 radical (unpaired) electrons. The van der Waals surface area contributed by atoms with Crippen LogP contribution in [0.15, 0.2) is 29.2 Å². The second-order valence-electron chi connectivity index (χ2n) is 5.83. The first kappa shape index (κ1) is 16.0. The van der Waals surface area contributed by atoms with Crippen LogP contribution in [0.25, 0.3) is 0 Å². The van der Waals surface area contributed by atoms with Crippen molar-refractivity contribution in [2.75, 3.05) is 18.8 Å². The minimum Gasteiger partial charge on any atom is -0.315 e. The SMILES string of the molecule is CC1CCCC1CNCCS(=O)(=O)c1ccc(C#N)cc1. The van der Waals surface area contributed by atoms with Crippen molar-refractivity contribution in [1.82, 2.24) is 5.32 Å². The number of nitrogens with one attached hydrogen (secondary N) is 1. The summed E-state index contributed by atoms with van der Waals surface area (Å²) >= 11 is 0. The molecule has 1 fully saturated rings. The molecule has 1 aliphatic rings. The zero-order chi connectivity index (χ0) is 15.3. The van der Waals surface area contributed by atoms with Crippen LogP contribution in [0.3, 0.4) is 0 Å². The van der Waals surface area contributed by atoms with Gasteiger partial charge in [0.2, 0.25) is 0 Å². The Hall–Kier alpha value is -1.38. The molecule has 1 aromatic rings. The number of nitrogens with zero attached hydrogens (tertiary/aromatic N) is 1. The molecule has 0 spiro atoms. The molecule has 4 nitrogen and oxygen atoms in total. The molecule has 0 aromatic heterocycles. The average molecular weight is 306 g/mol. The zero-order valence-corrected chi connectivity index (χ0v) is 13.2. The fraction of sp³-hybridized carbons (Fsp3) is 0.562. The monoisotopic (exact) mass is 306 g/mol. The zero-order valence-electron chi connectivity index (χ0n) is 12.4. The highest BCUT2D eigenvalue weighted by Gasteiger charge is 2.22. The van der Waals surface area contributed by atoms with Gasteiger partial charge >= 0.3 is 0 Å². The van der Waals surface area contributed by atoms with Gasteiger partial charge in [0.05, 0.1) is 22.3 Å². The van der Waals surface area contributed by atoms with Gasteiger partial charge in [0, 0.05) is 6.54 Å². The van der Waals surface area contributed by atoms with Gasteiger partial charge in [-0.2, -0.15) is 5.26 Å². The van der Waals surface area contributed by atoms with E-state index in [0.717, 1.165) is 12.5 Å². The van der Waals surface area contributed by atoms with Crippen LogP contribution in [0.1, 0.15) is 31.7 Å². The summed E-state index contributed by atoms with van der Waals surface area (Å²) in [7, 11) is -3.27. The van der Waals surface area contributed by atoms with Gasteiger partial charge in [-0.05, 0) is 49.1 Å². The molecule has 0 saturated heterocycles. The third-order valence-corrected chi connectivity index (χ3v) is 6.07. The molecule has 2 atom stereocenters. The predicted octanol–water partition coefficient (Wildman–Crippen LogP) is 2.36. The number of nitriles is 1. The van der Waals surface area contributed by atoms with Crippen LogP contribution in [0.4, 0.5) is 0 Å². The van der Waals surface area contributed by atoms with E-state index in [-0.39, 0.29) is 10.6 Å². The first-order valence-corrected chi connectivity index (χ1v) is 9.12. The van der Waals surface area contributed by atoms with Crippen LogP contribution >= 0.6 is 0 Å². The molecule has 0 bridgehead atoms. The second kappa shape index (κ2) is 7.06. The predicted molar refractivity (Wildman–Crippen MR) is 82.6 cm³/mol. The lowest BCUT2D eigenvalue weighted by Crippen LogP contribution is -2.29. The minimum atomic E-state index is -3.27. The maximum Gasteiger partial charge on any atom is 0.179 e. The number of benzene rings is 1. The number of hydrogen-bond donors (Lipinski definition) is 1. The molecule has 0 amide bonds. The molecule has 5 heteroatoms. The van der Waals surface area contributed by atoms with Gasteiger partial charge in [-0.1, -0.05) is 19.8 Å². The van der Waals surface area contributed by atoms with Crippen molar-refractivity contribution in [3.05, 3.63) is 29.8 Å². The van der Waals surface area contributed by atoms with Gasteiger partial charge in [-0.15, -0.1) is 0 Å². The van der Waals surface area contributed by atoms with E-state index < -0.39 is 9.84 Å². The van der Waals surface area contributed by atoms with Gasteiger partial charge in [0.25, 0.3) is 0 Å². The molecule has 2 unspecified atom stereocenters. The van der Waals surface area contributed by atoms with E-state index in [1.54, 1.807) is 12.1 Å². The average Bonchev–Trinajstić information content (AvgIpc) is 2.89. The van der Waals surface area contributed by atoms with Gasteiger partial charge in [0.1, 0.15) is 0 Å². The molecular weight excluding hydrogens is 284 g/mol. The van der Waals surface area contributed by atoms with Crippen LogP contribution in [-0.4, -0.2) is 27.3 Å². The van der Waals surface area contributed by atoms with Crippen LogP contribution in [-0.2, 0) is 9.84 Å². The summed E-state index contributed by atoms with van der Waals surface area (Å²) in [5.41, 5.74) is 0.474. The van der Waals surface area contributed by atoms with Crippen molar-refractivity contribution < 1.29 is 8.42 Å². The summed E-state index contributed by atoms with van der Waals surface area (Å²) in [6.45, 7) is 3.66. The summed E-state index contributed by atoms with van der Waals surface area (Å²) in [5, 5.41) is 12.0. The Morgan fingerprint density at radius 1 is 1.29 bits per heavy atom. The third kappa shape index (κ3) is 4.29. The quantitative estimate of drug-likeness (QED) is 0.819. The van der Waals surface area contributed by atoms with Crippen molar-refractivity contribution in [2.45, 2.75) is 31.1 Å². The Morgan fingerprint density at radius 2 is 2.00 bits per heavy atom. The summed E-state index contributed by atoms with van der Waals surface area (Å²) in [4.78, 5) is 0.289. The molecule has 21 heavy (non-hydrogen) atoms. The second-order valence-corrected chi connectivity index (χ2v) is 7.94. The number of rotatable bonds is 6. The Morgan fingerprint density at radius 3 is 2.57 bits per heavy atom. The maximum atomic E-state index is 12.2. The Bertz CT molecular complexity index is 602. The van der Waals surface area contributed by atoms with E-state index in [9.17, 15) is 8.42 Å². The normalized spacial score (nSPS) is 22.1. The Labute approximate surface area is 127 Å². The van der Waals surface area contributed by atoms with Crippen molar-refractivity contribution in [1.29, 1.82) is 5.26 Å². The number of sulfone groups is 1. The highest BCUT2D eigenvalue weighted by Crippen LogP contribution is 2.30. The molecule has 1 saturated carbocycles. The summed E-state index contributed by atoms with van der Waals surface area (Å²) in [6.07, 6.45) is 3.82. The molecule has 1 aromatic carbocycles. The highest BCUT2D eigenvalue weighted by atomic mass is 32.2. The van der Waals surface area contributed by atoms with Crippen LogP contribution in [0.2, 0.25) is 0 Å². The van der Waals surface area contributed by atoms with E-state index in [2.05, 4.69) is 12.2 Å². The van der Waals surface area contributed by atoms with Crippen molar-refractivity contribution in [2.24, 2.45) is 11.8 Å². The lowest BCUT2D eigenvalue weighted by Gasteiger charge is -2.15. The van der Waals surface area contributed by atoms with E-state index in [1.165, 1.54) is 31.4 Å². The van der Waals surface area contributed by atoms with Gasteiger partial charge in [-0.3, -0.25) is 0 Å². The van der Waals surface area contributed by atoms with Crippen molar-refractivity contribution >= 4 is 9.84 Å². The van der Waals surface area contributed by atoms with E-state index in [4.69, 9.17) is 5.26 Å². The topological polar surface area (TPSA) is 70.0 Å². The molecule has 0 heterocycles. The van der Waals surface area contributed by atoms with Gasteiger partial charge < -0.3 is 5.32 Å². The molecular formula is C16H22N2O2S. The molecule has 114 valence electrons. The van der Waals surface area contributed by atoms with E-state index in [1.807, 2.05) is 6.07 Å². The van der Waals surface area contributed by atoms with Gasteiger partial charge in [-0.25, -0.2) is 8.42 Å². The third-order valence-electron chi connectivity index (χ3n) is 4.34. The van der Waals surface area contributed by atoms with Gasteiger partial charge in [0.15, 0.2) is 9.84 Å². The summed E-state index contributed by atoms with van der Waals surface area (Å²) < 4.78 is 24.3. The van der Waals surface area contributed by atoms with E-state index in [0.29, 0.717) is 18.0 Å². The van der Waals surface area contributed by atoms with Crippen LogP contribution in [0.5, 0.6) is 0 Å². The smallest absolute Gasteiger partial charge is 0.179 e. The number of hydrogen-bond acceptors (Lipinski definition) is 4. The fourth-order valence-electron chi connectivity index (χ4n) is 2.87. The minimum absolute atomic E-state index is 0.0972. The maximum absolute atomic E-state index is 12.2. The van der Waals surface area contributed by atoms with E-state index >= 15 is 0 Å². The molecule has 1 aliphatic carbocycles. The Balaban J connectivity index is 1.82. The summed E-state index contributed by atoms with van der Waals surface area (Å²) in [5.74, 6) is 1.52. The first-order valence-electron chi connectivity index (χ1n) is 7.46. The van der Waals surface area contributed by atoms with Crippen LogP contribution < -0.4 is 5.32 Å². The lowest BCUT2D eigenvalue weighted by atomic mass is 9.98. The van der Waals surface area contributed by atoms with Crippen molar-refractivity contribution in [3.63, 3.8) is 0 Å².